The van der Waals surface area contributed by atoms with Crippen LogP contribution in [0.4, 0.5) is 4.39 Å². The Balaban J connectivity index is 1.58. The second-order valence-corrected chi connectivity index (χ2v) is 6.87. The third-order valence-electron chi connectivity index (χ3n) is 4.39. The summed E-state index contributed by atoms with van der Waals surface area (Å²) >= 11 is 3.43. The van der Waals surface area contributed by atoms with Gasteiger partial charge in [-0.3, -0.25) is 9.69 Å². The maximum atomic E-state index is 13.8. The summed E-state index contributed by atoms with van der Waals surface area (Å²) in [4.78, 5) is 16.7. The number of hydrogen-bond acceptors (Lipinski definition) is 3. The van der Waals surface area contributed by atoms with Gasteiger partial charge in [-0.15, -0.1) is 0 Å². The number of carbonyl (C=O) groups is 1. The molecule has 1 fully saturated rings. The first kappa shape index (κ1) is 17.9. The maximum absolute atomic E-state index is 13.8. The zero-order valence-electron chi connectivity index (χ0n) is 14.0. The monoisotopic (exact) mass is 406 g/mol. The molecule has 0 atom stereocenters. The first-order chi connectivity index (χ1) is 12.1. The number of ether oxygens (including phenoxy) is 1. The van der Waals surface area contributed by atoms with Gasteiger partial charge in [0.15, 0.2) is 11.6 Å². The molecule has 1 aliphatic heterocycles. The van der Waals surface area contributed by atoms with Crippen molar-refractivity contribution in [3.05, 3.63) is 63.9 Å². The summed E-state index contributed by atoms with van der Waals surface area (Å²) in [6, 6.07) is 12.5. The number of carbonyl (C=O) groups excluding carboxylic acids is 1. The third-order valence-corrected chi connectivity index (χ3v) is 5.08. The van der Waals surface area contributed by atoms with Crippen LogP contribution < -0.4 is 4.74 Å². The van der Waals surface area contributed by atoms with Gasteiger partial charge < -0.3 is 9.64 Å². The molecule has 0 saturated carbocycles. The lowest BCUT2D eigenvalue weighted by atomic mass is 10.1. The van der Waals surface area contributed by atoms with Crippen molar-refractivity contribution in [2.75, 3.05) is 33.3 Å². The lowest BCUT2D eigenvalue weighted by molar-refractivity contribution is 0.0627. The topological polar surface area (TPSA) is 32.8 Å². The second-order valence-electron chi connectivity index (χ2n) is 6.02. The molecule has 0 spiro atoms. The minimum absolute atomic E-state index is 0.0441. The van der Waals surface area contributed by atoms with Gasteiger partial charge in [0.2, 0.25) is 0 Å². The fourth-order valence-electron chi connectivity index (χ4n) is 2.98. The molecule has 2 aromatic rings. The van der Waals surface area contributed by atoms with Crippen LogP contribution in [-0.2, 0) is 6.54 Å². The molecule has 25 heavy (non-hydrogen) atoms. The normalized spacial score (nSPS) is 15.2. The molecule has 0 aliphatic carbocycles. The SMILES string of the molecule is COc1ccc(CN2CCN(C(=O)c3ccccc3Br)CC2)cc1F. The summed E-state index contributed by atoms with van der Waals surface area (Å²) in [5.74, 6) is -0.0436. The fraction of sp³-hybridized carbons (Fsp3) is 0.316. The van der Waals surface area contributed by atoms with Crippen molar-refractivity contribution in [2.45, 2.75) is 6.54 Å². The van der Waals surface area contributed by atoms with Gasteiger partial charge >= 0.3 is 0 Å². The predicted octanol–water partition coefficient (Wildman–Crippen LogP) is 3.55. The fourth-order valence-corrected chi connectivity index (χ4v) is 3.43. The summed E-state index contributed by atoms with van der Waals surface area (Å²) in [5, 5.41) is 0. The Labute approximate surface area is 155 Å². The molecule has 132 valence electrons. The molecule has 2 aromatic carbocycles. The molecule has 0 bridgehead atoms. The van der Waals surface area contributed by atoms with E-state index in [2.05, 4.69) is 20.8 Å². The quantitative estimate of drug-likeness (QED) is 0.777. The summed E-state index contributed by atoms with van der Waals surface area (Å²) in [6.07, 6.45) is 0. The van der Waals surface area contributed by atoms with E-state index < -0.39 is 0 Å². The first-order valence-electron chi connectivity index (χ1n) is 8.17. The Kier molecular flexibility index (Phi) is 5.71. The minimum atomic E-state index is -0.345. The largest absolute Gasteiger partial charge is 0.494 e. The van der Waals surface area contributed by atoms with E-state index >= 15 is 0 Å². The van der Waals surface area contributed by atoms with Crippen LogP contribution in [0, 0.1) is 5.82 Å². The number of piperazine rings is 1. The van der Waals surface area contributed by atoms with Gasteiger partial charge in [-0.1, -0.05) is 18.2 Å². The highest BCUT2D eigenvalue weighted by atomic mass is 79.9. The molecular formula is C19H20BrFN2O2. The van der Waals surface area contributed by atoms with E-state index in [9.17, 15) is 9.18 Å². The maximum Gasteiger partial charge on any atom is 0.255 e. The van der Waals surface area contributed by atoms with Gasteiger partial charge in [0.05, 0.1) is 12.7 Å². The van der Waals surface area contributed by atoms with Gasteiger partial charge in [-0.2, -0.15) is 0 Å². The average molecular weight is 407 g/mol. The number of halogens is 2. The van der Waals surface area contributed by atoms with Gasteiger partial charge in [-0.25, -0.2) is 4.39 Å². The molecule has 0 radical (unpaired) electrons. The molecule has 6 heteroatoms. The van der Waals surface area contributed by atoms with Gasteiger partial charge in [0, 0.05) is 37.2 Å². The van der Waals surface area contributed by atoms with Crippen LogP contribution in [0.5, 0.6) is 5.75 Å². The first-order valence-corrected chi connectivity index (χ1v) is 8.96. The van der Waals surface area contributed by atoms with Crippen molar-refractivity contribution in [3.63, 3.8) is 0 Å². The summed E-state index contributed by atoms with van der Waals surface area (Å²) < 4.78 is 19.6. The molecule has 4 nitrogen and oxygen atoms in total. The van der Waals surface area contributed by atoms with E-state index in [-0.39, 0.29) is 17.5 Å². The number of rotatable bonds is 4. The molecule has 1 heterocycles. The van der Waals surface area contributed by atoms with E-state index in [0.29, 0.717) is 25.2 Å². The van der Waals surface area contributed by atoms with Crippen molar-refractivity contribution in [2.24, 2.45) is 0 Å². The Morgan fingerprint density at radius 1 is 1.16 bits per heavy atom. The molecule has 0 N–H and O–H groups in total. The third kappa shape index (κ3) is 4.19. The number of hydrogen-bond donors (Lipinski definition) is 0. The minimum Gasteiger partial charge on any atom is -0.494 e. The standard InChI is InChI=1S/C19H20BrFN2O2/c1-25-18-7-6-14(12-17(18)21)13-22-8-10-23(11-9-22)19(24)15-4-2-3-5-16(15)20/h2-7,12H,8-11,13H2,1H3. The van der Waals surface area contributed by atoms with Crippen LogP contribution in [0.15, 0.2) is 46.9 Å². The van der Waals surface area contributed by atoms with E-state index in [0.717, 1.165) is 23.1 Å². The van der Waals surface area contributed by atoms with Crippen molar-refractivity contribution in [1.29, 1.82) is 0 Å². The number of amides is 1. The Morgan fingerprint density at radius 2 is 1.88 bits per heavy atom. The van der Waals surface area contributed by atoms with E-state index in [1.807, 2.05) is 35.2 Å². The van der Waals surface area contributed by atoms with Crippen molar-refractivity contribution >= 4 is 21.8 Å². The van der Waals surface area contributed by atoms with Gasteiger partial charge in [0.1, 0.15) is 0 Å². The van der Waals surface area contributed by atoms with Crippen molar-refractivity contribution in [3.8, 4) is 5.75 Å². The summed E-state index contributed by atoms with van der Waals surface area (Å²) in [5.41, 5.74) is 1.59. The molecule has 0 unspecified atom stereocenters. The highest BCUT2D eigenvalue weighted by Gasteiger charge is 2.23. The average Bonchev–Trinajstić information content (AvgIpc) is 2.62. The lowest BCUT2D eigenvalue weighted by Gasteiger charge is -2.35. The Hall–Kier alpha value is -1.92. The zero-order valence-corrected chi connectivity index (χ0v) is 15.6. The van der Waals surface area contributed by atoms with Crippen LogP contribution >= 0.6 is 15.9 Å². The predicted molar refractivity (Wildman–Crippen MR) is 98.3 cm³/mol. The van der Waals surface area contributed by atoms with Gasteiger partial charge in [-0.05, 0) is 45.8 Å². The van der Waals surface area contributed by atoms with E-state index in [1.54, 1.807) is 6.07 Å². The molecule has 3 rings (SSSR count). The van der Waals surface area contributed by atoms with Crippen LogP contribution in [-0.4, -0.2) is 49.0 Å². The molecule has 0 aromatic heterocycles. The highest BCUT2D eigenvalue weighted by molar-refractivity contribution is 9.10. The highest BCUT2D eigenvalue weighted by Crippen LogP contribution is 2.21. The smallest absolute Gasteiger partial charge is 0.255 e. The lowest BCUT2D eigenvalue weighted by Crippen LogP contribution is -2.48. The molecule has 1 saturated heterocycles. The molecule has 1 amide bonds. The van der Waals surface area contributed by atoms with Crippen LogP contribution in [0.1, 0.15) is 15.9 Å². The van der Waals surface area contributed by atoms with Crippen LogP contribution in [0.25, 0.3) is 0 Å². The van der Waals surface area contributed by atoms with Crippen LogP contribution in [0.2, 0.25) is 0 Å². The van der Waals surface area contributed by atoms with Crippen molar-refractivity contribution < 1.29 is 13.9 Å². The second kappa shape index (κ2) is 7.97. The summed E-state index contributed by atoms with van der Waals surface area (Å²) in [6.45, 7) is 3.53. The zero-order chi connectivity index (χ0) is 17.8. The van der Waals surface area contributed by atoms with E-state index in [4.69, 9.17) is 4.74 Å². The number of methoxy groups -OCH3 is 1. The van der Waals surface area contributed by atoms with Crippen molar-refractivity contribution in [1.82, 2.24) is 9.80 Å². The van der Waals surface area contributed by atoms with E-state index in [1.165, 1.54) is 13.2 Å². The Bertz CT molecular complexity index is 761. The van der Waals surface area contributed by atoms with Gasteiger partial charge in [0.25, 0.3) is 5.91 Å². The Morgan fingerprint density at radius 3 is 2.52 bits per heavy atom. The number of nitrogens with zero attached hydrogens (tertiary/aromatic N) is 2. The van der Waals surface area contributed by atoms with Crippen LogP contribution in [0.3, 0.4) is 0 Å². The number of benzene rings is 2. The molecule has 1 aliphatic rings. The summed E-state index contributed by atoms with van der Waals surface area (Å²) in [7, 11) is 1.46. The molecular weight excluding hydrogens is 387 g/mol.